The van der Waals surface area contributed by atoms with Crippen molar-refractivity contribution in [1.29, 1.82) is 0 Å². The van der Waals surface area contributed by atoms with Crippen molar-refractivity contribution in [3.63, 3.8) is 0 Å². The number of rotatable bonds is 7. The van der Waals surface area contributed by atoms with E-state index >= 15 is 0 Å². The average molecular weight is 223 g/mol. The molecular formula is C12H21N3O. The number of aliphatic hydroxyl groups excluding tert-OH is 1. The van der Waals surface area contributed by atoms with Crippen molar-refractivity contribution in [3.8, 4) is 0 Å². The summed E-state index contributed by atoms with van der Waals surface area (Å²) in [5.74, 6) is 0. The van der Waals surface area contributed by atoms with Crippen molar-refractivity contribution in [1.82, 2.24) is 10.6 Å². The maximum absolute atomic E-state index is 9.48. The normalized spacial score (nSPS) is 12.7. The smallest absolute Gasteiger partial charge is 0.0788 e. The van der Waals surface area contributed by atoms with Gasteiger partial charge in [0.15, 0.2) is 0 Å². The van der Waals surface area contributed by atoms with E-state index in [1.165, 1.54) is 5.56 Å². The third-order valence-corrected chi connectivity index (χ3v) is 2.38. The van der Waals surface area contributed by atoms with Crippen LogP contribution in [-0.4, -0.2) is 31.3 Å². The van der Waals surface area contributed by atoms with Gasteiger partial charge in [-0.1, -0.05) is 24.3 Å². The summed E-state index contributed by atoms with van der Waals surface area (Å²) in [4.78, 5) is 0. The molecule has 1 unspecified atom stereocenters. The summed E-state index contributed by atoms with van der Waals surface area (Å²) >= 11 is 0. The van der Waals surface area contributed by atoms with Gasteiger partial charge in [0, 0.05) is 26.2 Å². The number of nitrogens with two attached hydrogens (primary N) is 1. The van der Waals surface area contributed by atoms with Crippen LogP contribution in [-0.2, 0) is 13.1 Å². The average Bonchev–Trinajstić information content (AvgIpc) is 2.30. The van der Waals surface area contributed by atoms with Crippen LogP contribution in [0.3, 0.4) is 0 Å². The second-order valence-corrected chi connectivity index (χ2v) is 3.87. The highest BCUT2D eigenvalue weighted by Crippen LogP contribution is 2.03. The Labute approximate surface area is 96.9 Å². The molecule has 16 heavy (non-hydrogen) atoms. The Morgan fingerprint density at radius 3 is 2.75 bits per heavy atom. The van der Waals surface area contributed by atoms with Crippen molar-refractivity contribution in [2.75, 3.05) is 20.1 Å². The zero-order valence-corrected chi connectivity index (χ0v) is 9.74. The topological polar surface area (TPSA) is 70.3 Å². The van der Waals surface area contributed by atoms with Crippen molar-refractivity contribution in [3.05, 3.63) is 35.4 Å². The molecule has 1 rings (SSSR count). The highest BCUT2D eigenvalue weighted by Gasteiger charge is 2.01. The van der Waals surface area contributed by atoms with E-state index in [0.29, 0.717) is 19.6 Å². The van der Waals surface area contributed by atoms with Crippen molar-refractivity contribution >= 4 is 0 Å². The van der Waals surface area contributed by atoms with E-state index in [2.05, 4.69) is 22.8 Å². The lowest BCUT2D eigenvalue weighted by Gasteiger charge is -2.11. The first-order valence-corrected chi connectivity index (χ1v) is 5.57. The lowest BCUT2D eigenvalue weighted by atomic mass is 10.1. The fraction of sp³-hybridized carbons (Fsp3) is 0.500. The van der Waals surface area contributed by atoms with Crippen LogP contribution < -0.4 is 16.4 Å². The number of hydrogen-bond donors (Lipinski definition) is 4. The van der Waals surface area contributed by atoms with Crippen LogP contribution in [0.4, 0.5) is 0 Å². The second kappa shape index (κ2) is 7.35. The molecule has 0 bridgehead atoms. The zero-order chi connectivity index (χ0) is 11.8. The van der Waals surface area contributed by atoms with Crippen LogP contribution in [0, 0.1) is 0 Å². The Hall–Kier alpha value is -0.940. The van der Waals surface area contributed by atoms with Gasteiger partial charge < -0.3 is 21.5 Å². The van der Waals surface area contributed by atoms with E-state index in [-0.39, 0.29) is 6.10 Å². The summed E-state index contributed by atoms with van der Waals surface area (Å²) in [6.45, 7) is 2.52. The molecule has 0 spiro atoms. The Balaban J connectivity index is 2.31. The minimum atomic E-state index is -0.345. The highest BCUT2D eigenvalue weighted by molar-refractivity contribution is 5.23. The van der Waals surface area contributed by atoms with E-state index < -0.39 is 0 Å². The van der Waals surface area contributed by atoms with Crippen LogP contribution in [0.25, 0.3) is 0 Å². The maximum atomic E-state index is 9.48. The summed E-state index contributed by atoms with van der Waals surface area (Å²) in [6, 6.07) is 8.15. The van der Waals surface area contributed by atoms with Gasteiger partial charge in [-0.05, 0) is 18.2 Å². The van der Waals surface area contributed by atoms with E-state index in [0.717, 1.165) is 12.1 Å². The van der Waals surface area contributed by atoms with Gasteiger partial charge in [0.2, 0.25) is 0 Å². The molecule has 5 N–H and O–H groups in total. The first-order chi connectivity index (χ1) is 7.76. The van der Waals surface area contributed by atoms with Crippen molar-refractivity contribution < 1.29 is 5.11 Å². The minimum Gasteiger partial charge on any atom is -0.390 e. The van der Waals surface area contributed by atoms with E-state index in [1.54, 1.807) is 0 Å². The molecule has 0 aliphatic heterocycles. The third kappa shape index (κ3) is 4.72. The number of likely N-dealkylation sites (N-methyl/N-ethyl adjacent to an activating group) is 1. The molecule has 4 heteroatoms. The Morgan fingerprint density at radius 2 is 2.06 bits per heavy atom. The quantitative estimate of drug-likeness (QED) is 0.517. The molecule has 0 fully saturated rings. The fourth-order valence-corrected chi connectivity index (χ4v) is 1.56. The van der Waals surface area contributed by atoms with Gasteiger partial charge in [-0.3, -0.25) is 0 Å². The Kier molecular flexibility index (Phi) is 6.03. The van der Waals surface area contributed by atoms with Crippen LogP contribution >= 0.6 is 0 Å². The van der Waals surface area contributed by atoms with Gasteiger partial charge in [0.25, 0.3) is 0 Å². The predicted molar refractivity (Wildman–Crippen MR) is 66.0 cm³/mol. The van der Waals surface area contributed by atoms with Crippen LogP contribution in [0.1, 0.15) is 11.1 Å². The first-order valence-electron chi connectivity index (χ1n) is 5.57. The molecule has 90 valence electrons. The number of hydrogen-bond acceptors (Lipinski definition) is 4. The van der Waals surface area contributed by atoms with Gasteiger partial charge in [-0.15, -0.1) is 0 Å². The molecule has 1 aromatic rings. The molecule has 0 amide bonds. The minimum absolute atomic E-state index is 0.345. The van der Waals surface area contributed by atoms with Gasteiger partial charge >= 0.3 is 0 Å². The zero-order valence-electron chi connectivity index (χ0n) is 9.74. The van der Waals surface area contributed by atoms with Gasteiger partial charge in [0.05, 0.1) is 6.10 Å². The molecule has 0 aliphatic carbocycles. The molecule has 4 nitrogen and oxygen atoms in total. The Bertz CT molecular complexity index is 304. The standard InChI is InChI=1S/C12H21N3O/c1-14-8-12(16)9-15-7-11-4-2-3-10(5-11)6-13/h2-5,12,14-16H,6-9,13H2,1H3. The summed E-state index contributed by atoms with van der Waals surface area (Å²) in [6.07, 6.45) is -0.345. The maximum Gasteiger partial charge on any atom is 0.0788 e. The second-order valence-electron chi connectivity index (χ2n) is 3.87. The lowest BCUT2D eigenvalue weighted by molar-refractivity contribution is 0.171. The molecule has 0 saturated carbocycles. The lowest BCUT2D eigenvalue weighted by Crippen LogP contribution is -2.33. The molecule has 0 aliphatic rings. The SMILES string of the molecule is CNCC(O)CNCc1cccc(CN)c1. The number of benzene rings is 1. The van der Waals surface area contributed by atoms with Crippen LogP contribution in [0.2, 0.25) is 0 Å². The molecule has 0 heterocycles. The Morgan fingerprint density at radius 1 is 1.31 bits per heavy atom. The van der Waals surface area contributed by atoms with Crippen LogP contribution in [0.5, 0.6) is 0 Å². The molecule has 1 aromatic carbocycles. The third-order valence-electron chi connectivity index (χ3n) is 2.38. The number of aliphatic hydroxyl groups is 1. The van der Waals surface area contributed by atoms with Crippen LogP contribution in [0.15, 0.2) is 24.3 Å². The monoisotopic (exact) mass is 223 g/mol. The van der Waals surface area contributed by atoms with E-state index in [4.69, 9.17) is 5.73 Å². The summed E-state index contributed by atoms with van der Waals surface area (Å²) in [5.41, 5.74) is 7.89. The predicted octanol–water partition coefficient (Wildman–Crippen LogP) is -0.185. The summed E-state index contributed by atoms with van der Waals surface area (Å²) in [7, 11) is 1.83. The molecular weight excluding hydrogens is 202 g/mol. The van der Waals surface area contributed by atoms with E-state index in [1.807, 2.05) is 19.2 Å². The van der Waals surface area contributed by atoms with Gasteiger partial charge in [-0.25, -0.2) is 0 Å². The van der Waals surface area contributed by atoms with Gasteiger partial charge in [0.1, 0.15) is 0 Å². The van der Waals surface area contributed by atoms with E-state index in [9.17, 15) is 5.11 Å². The molecule has 0 saturated heterocycles. The number of nitrogens with one attached hydrogen (secondary N) is 2. The summed E-state index contributed by atoms with van der Waals surface area (Å²) < 4.78 is 0. The summed E-state index contributed by atoms with van der Waals surface area (Å²) in [5, 5.41) is 15.6. The van der Waals surface area contributed by atoms with Gasteiger partial charge in [-0.2, -0.15) is 0 Å². The molecule has 0 radical (unpaired) electrons. The first kappa shape index (κ1) is 13.1. The van der Waals surface area contributed by atoms with Crippen molar-refractivity contribution in [2.45, 2.75) is 19.2 Å². The fourth-order valence-electron chi connectivity index (χ4n) is 1.56. The van der Waals surface area contributed by atoms with Crippen molar-refractivity contribution in [2.24, 2.45) is 5.73 Å². The highest BCUT2D eigenvalue weighted by atomic mass is 16.3. The molecule has 1 atom stereocenters. The molecule has 0 aromatic heterocycles. The largest absolute Gasteiger partial charge is 0.390 e.